The number of benzene rings is 1. The minimum atomic E-state index is -3.78. The lowest BCUT2D eigenvalue weighted by atomic mass is 10.1. The third kappa shape index (κ3) is 4.17. The highest BCUT2D eigenvalue weighted by molar-refractivity contribution is 7.91. The van der Waals surface area contributed by atoms with Crippen LogP contribution in [0.15, 0.2) is 23.1 Å². The second kappa shape index (κ2) is 6.21. The van der Waals surface area contributed by atoms with Crippen molar-refractivity contribution in [3.8, 4) is 0 Å². The van der Waals surface area contributed by atoms with Gasteiger partial charge in [0.2, 0.25) is 10.0 Å². The van der Waals surface area contributed by atoms with Gasteiger partial charge in [-0.15, -0.1) is 0 Å². The molecule has 1 aromatic rings. The molecular formula is C12H17ClN2O4S2. The Kier molecular flexibility index (Phi) is 4.94. The van der Waals surface area contributed by atoms with Gasteiger partial charge in [-0.25, -0.2) is 21.6 Å². The molecule has 1 saturated heterocycles. The lowest BCUT2D eigenvalue weighted by Crippen LogP contribution is -2.30. The van der Waals surface area contributed by atoms with Gasteiger partial charge in [0.25, 0.3) is 0 Å². The van der Waals surface area contributed by atoms with Crippen molar-refractivity contribution in [2.45, 2.75) is 17.9 Å². The molecule has 21 heavy (non-hydrogen) atoms. The largest absolute Gasteiger partial charge is 0.326 e. The van der Waals surface area contributed by atoms with E-state index in [0.717, 1.165) is 0 Å². The predicted molar refractivity (Wildman–Crippen MR) is 81.3 cm³/mol. The molecule has 1 heterocycles. The molecule has 0 amide bonds. The van der Waals surface area contributed by atoms with E-state index in [-0.39, 0.29) is 40.4 Å². The average molecular weight is 353 g/mol. The molecule has 9 heteroatoms. The summed E-state index contributed by atoms with van der Waals surface area (Å²) < 4.78 is 49.7. The molecule has 3 N–H and O–H groups in total. The maximum Gasteiger partial charge on any atom is 0.242 e. The second-order valence-corrected chi connectivity index (χ2v) is 9.46. The maximum absolute atomic E-state index is 12.3. The van der Waals surface area contributed by atoms with Crippen molar-refractivity contribution >= 4 is 31.5 Å². The Hall–Kier alpha value is -0.670. The van der Waals surface area contributed by atoms with Crippen LogP contribution in [-0.4, -0.2) is 34.9 Å². The summed E-state index contributed by atoms with van der Waals surface area (Å²) in [5, 5.41) is 0.110. The fourth-order valence-electron chi connectivity index (χ4n) is 2.22. The Morgan fingerprint density at radius 1 is 1.38 bits per heavy atom. The quantitative estimate of drug-likeness (QED) is 0.803. The Balaban J connectivity index is 2.12. The van der Waals surface area contributed by atoms with Crippen LogP contribution in [0.1, 0.15) is 12.0 Å². The molecule has 118 valence electrons. The molecule has 0 aliphatic carbocycles. The van der Waals surface area contributed by atoms with Crippen molar-refractivity contribution in [1.29, 1.82) is 0 Å². The monoisotopic (exact) mass is 352 g/mol. The van der Waals surface area contributed by atoms with Crippen LogP contribution in [0.2, 0.25) is 5.02 Å². The normalized spacial score (nSPS) is 21.5. The lowest BCUT2D eigenvalue weighted by Gasteiger charge is -2.12. The highest BCUT2D eigenvalue weighted by atomic mass is 35.5. The van der Waals surface area contributed by atoms with E-state index in [0.29, 0.717) is 12.0 Å². The first-order chi connectivity index (χ1) is 9.73. The van der Waals surface area contributed by atoms with Crippen LogP contribution in [0.4, 0.5) is 0 Å². The molecule has 0 radical (unpaired) electrons. The second-order valence-electron chi connectivity index (χ2n) is 5.09. The maximum atomic E-state index is 12.3. The number of rotatable bonds is 5. The van der Waals surface area contributed by atoms with E-state index < -0.39 is 19.9 Å². The smallest absolute Gasteiger partial charge is 0.242 e. The molecule has 1 aromatic carbocycles. The molecule has 1 aliphatic heterocycles. The molecule has 1 unspecified atom stereocenters. The molecular weight excluding hydrogens is 336 g/mol. The summed E-state index contributed by atoms with van der Waals surface area (Å²) in [5.41, 5.74) is 6.15. The number of nitrogens with one attached hydrogen (secondary N) is 1. The number of hydrogen-bond acceptors (Lipinski definition) is 5. The standard InChI is InChI=1S/C12H17ClN2O4S2/c13-11-2-1-9(6-14)5-12(11)21(18,19)15-7-10-3-4-20(16,17)8-10/h1-2,5,10,15H,3-4,6-8,14H2. The first-order valence-corrected chi connectivity index (χ1v) is 10.1. The molecule has 0 spiro atoms. The first-order valence-electron chi connectivity index (χ1n) is 6.42. The molecule has 6 nitrogen and oxygen atoms in total. The third-order valence-electron chi connectivity index (χ3n) is 3.41. The Morgan fingerprint density at radius 3 is 2.67 bits per heavy atom. The van der Waals surface area contributed by atoms with E-state index in [1.807, 2.05) is 0 Å². The Morgan fingerprint density at radius 2 is 2.10 bits per heavy atom. The Labute approximate surface area is 129 Å². The van der Waals surface area contributed by atoms with Crippen molar-refractivity contribution < 1.29 is 16.8 Å². The van der Waals surface area contributed by atoms with E-state index in [9.17, 15) is 16.8 Å². The van der Waals surface area contributed by atoms with Gasteiger partial charge in [-0.2, -0.15) is 0 Å². The van der Waals surface area contributed by atoms with E-state index in [1.54, 1.807) is 6.07 Å². The summed E-state index contributed by atoms with van der Waals surface area (Å²) in [4.78, 5) is -0.0343. The molecule has 0 saturated carbocycles. The molecule has 1 aliphatic rings. The summed E-state index contributed by atoms with van der Waals surface area (Å²) in [7, 11) is -6.80. The molecule has 0 aromatic heterocycles. The minimum Gasteiger partial charge on any atom is -0.326 e. The van der Waals surface area contributed by atoms with E-state index in [2.05, 4.69) is 4.72 Å². The molecule has 1 fully saturated rings. The van der Waals surface area contributed by atoms with Gasteiger partial charge in [0.15, 0.2) is 9.84 Å². The van der Waals surface area contributed by atoms with Crippen molar-refractivity contribution in [2.24, 2.45) is 11.7 Å². The number of sulfonamides is 1. The van der Waals surface area contributed by atoms with E-state index >= 15 is 0 Å². The topological polar surface area (TPSA) is 106 Å². The van der Waals surface area contributed by atoms with E-state index in [4.69, 9.17) is 17.3 Å². The van der Waals surface area contributed by atoms with Crippen molar-refractivity contribution in [3.05, 3.63) is 28.8 Å². The molecule has 2 rings (SSSR count). The van der Waals surface area contributed by atoms with Crippen LogP contribution < -0.4 is 10.5 Å². The molecule has 0 bridgehead atoms. The van der Waals surface area contributed by atoms with Crippen molar-refractivity contribution in [1.82, 2.24) is 4.72 Å². The van der Waals surface area contributed by atoms with Crippen LogP contribution in [0, 0.1) is 5.92 Å². The summed E-state index contributed by atoms with van der Waals surface area (Å²) in [6.45, 7) is 0.297. The zero-order chi connectivity index (χ0) is 15.7. The average Bonchev–Trinajstić information content (AvgIpc) is 2.76. The summed E-state index contributed by atoms with van der Waals surface area (Å²) in [6.07, 6.45) is 0.474. The van der Waals surface area contributed by atoms with Crippen LogP contribution in [0.25, 0.3) is 0 Å². The van der Waals surface area contributed by atoms with Crippen LogP contribution in [0.3, 0.4) is 0 Å². The zero-order valence-corrected chi connectivity index (χ0v) is 13.6. The fraction of sp³-hybridized carbons (Fsp3) is 0.500. The third-order valence-corrected chi connectivity index (χ3v) is 7.15. The van der Waals surface area contributed by atoms with Gasteiger partial charge in [-0.3, -0.25) is 0 Å². The zero-order valence-electron chi connectivity index (χ0n) is 11.2. The lowest BCUT2D eigenvalue weighted by molar-refractivity contribution is 0.543. The van der Waals surface area contributed by atoms with Gasteiger partial charge in [0.05, 0.1) is 16.5 Å². The van der Waals surface area contributed by atoms with Gasteiger partial charge in [-0.1, -0.05) is 17.7 Å². The van der Waals surface area contributed by atoms with E-state index in [1.165, 1.54) is 12.1 Å². The first kappa shape index (κ1) is 16.7. The highest BCUT2D eigenvalue weighted by Crippen LogP contribution is 2.23. The highest BCUT2D eigenvalue weighted by Gasteiger charge is 2.29. The van der Waals surface area contributed by atoms with Gasteiger partial charge in [0, 0.05) is 13.1 Å². The van der Waals surface area contributed by atoms with Gasteiger partial charge in [0.1, 0.15) is 4.90 Å². The summed E-state index contributed by atoms with van der Waals surface area (Å²) in [6, 6.07) is 4.57. The van der Waals surface area contributed by atoms with Crippen LogP contribution >= 0.6 is 11.6 Å². The van der Waals surface area contributed by atoms with Gasteiger partial charge in [-0.05, 0) is 30.0 Å². The van der Waals surface area contributed by atoms with Crippen molar-refractivity contribution in [2.75, 3.05) is 18.1 Å². The summed E-state index contributed by atoms with van der Waals surface area (Å²) >= 11 is 5.92. The van der Waals surface area contributed by atoms with Gasteiger partial charge >= 0.3 is 0 Å². The minimum absolute atomic E-state index is 0.0199. The van der Waals surface area contributed by atoms with Crippen LogP contribution in [0.5, 0.6) is 0 Å². The van der Waals surface area contributed by atoms with Crippen LogP contribution in [-0.2, 0) is 26.4 Å². The van der Waals surface area contributed by atoms with Gasteiger partial charge < -0.3 is 5.73 Å². The Bertz CT molecular complexity index is 732. The number of sulfone groups is 1. The number of hydrogen-bond donors (Lipinski definition) is 2. The SMILES string of the molecule is NCc1ccc(Cl)c(S(=O)(=O)NCC2CCS(=O)(=O)C2)c1. The van der Waals surface area contributed by atoms with Crippen molar-refractivity contribution in [3.63, 3.8) is 0 Å². The number of halogens is 1. The predicted octanol–water partition coefficient (Wildman–Crippen LogP) is 0.512. The fourth-order valence-corrected chi connectivity index (χ4v) is 5.75. The molecule has 1 atom stereocenters. The number of nitrogens with two attached hydrogens (primary N) is 1. The summed E-state index contributed by atoms with van der Waals surface area (Å²) in [5.74, 6) is -0.0595.